The normalized spacial score (nSPS) is 20.7. The van der Waals surface area contributed by atoms with E-state index in [1.807, 2.05) is 36.4 Å². The largest absolute Gasteiger partial charge is 0.507 e. The summed E-state index contributed by atoms with van der Waals surface area (Å²) in [5.41, 5.74) is 4.52. The van der Waals surface area contributed by atoms with Gasteiger partial charge < -0.3 is 5.11 Å². The molecule has 1 aromatic carbocycles. The van der Waals surface area contributed by atoms with E-state index in [4.69, 9.17) is 4.99 Å². The Morgan fingerprint density at radius 1 is 1.00 bits per heavy atom. The summed E-state index contributed by atoms with van der Waals surface area (Å²) in [4.78, 5) is 17.7. The minimum atomic E-state index is -0.196. The van der Waals surface area contributed by atoms with Gasteiger partial charge in [0.05, 0.1) is 11.4 Å². The number of carbonyl (C=O) groups excluding carboxylic acids is 1. The number of Topliss-reactive ketones (excluding diaryl/α,β-unsaturated/α-hetero) is 1. The lowest BCUT2D eigenvalue weighted by molar-refractivity contribution is -0.112. The Hall–Kier alpha value is -2.42. The molecule has 0 saturated carbocycles. The molecule has 1 aromatic rings. The van der Waals surface area contributed by atoms with E-state index in [9.17, 15) is 9.90 Å². The number of carbonyl (C=O) groups is 1. The van der Waals surface area contributed by atoms with Crippen LogP contribution in [0.3, 0.4) is 0 Å². The maximum Gasteiger partial charge on any atom is 0.191 e. The second-order valence-electron chi connectivity index (χ2n) is 9.39. The van der Waals surface area contributed by atoms with Gasteiger partial charge in [0.25, 0.3) is 0 Å². The zero-order valence-electron chi connectivity index (χ0n) is 17.2. The Kier molecular flexibility index (Phi) is 4.75. The van der Waals surface area contributed by atoms with Crippen LogP contribution in [0.4, 0.5) is 0 Å². The van der Waals surface area contributed by atoms with Gasteiger partial charge in [-0.05, 0) is 41.4 Å². The van der Waals surface area contributed by atoms with Crippen molar-refractivity contribution in [3.05, 3.63) is 64.4 Å². The van der Waals surface area contributed by atoms with E-state index in [1.165, 1.54) is 0 Å². The highest BCUT2D eigenvalue weighted by atomic mass is 16.3. The van der Waals surface area contributed by atoms with Gasteiger partial charge in [0.2, 0.25) is 0 Å². The Morgan fingerprint density at radius 2 is 1.70 bits per heavy atom. The van der Waals surface area contributed by atoms with Crippen LogP contribution in [-0.2, 0) is 10.2 Å². The van der Waals surface area contributed by atoms with Crippen LogP contribution in [0.25, 0.3) is 0 Å². The highest BCUT2D eigenvalue weighted by molar-refractivity contribution is 6.13. The number of phenols is 1. The maximum absolute atomic E-state index is 13.0. The van der Waals surface area contributed by atoms with Crippen LogP contribution in [0.1, 0.15) is 65.5 Å². The van der Waals surface area contributed by atoms with Crippen molar-refractivity contribution in [1.82, 2.24) is 0 Å². The molecule has 0 spiro atoms. The molecule has 0 fully saturated rings. The lowest BCUT2D eigenvalue weighted by atomic mass is 9.79. The molecule has 0 atom stereocenters. The molecular formula is C24H29NO2. The minimum Gasteiger partial charge on any atom is -0.507 e. The summed E-state index contributed by atoms with van der Waals surface area (Å²) in [5, 5.41) is 10.8. The number of nitrogens with zero attached hydrogens (tertiary/aromatic N) is 1. The number of para-hydroxylation sites is 1. The van der Waals surface area contributed by atoms with Gasteiger partial charge in [0.1, 0.15) is 5.75 Å². The van der Waals surface area contributed by atoms with Crippen molar-refractivity contribution in [2.75, 3.05) is 0 Å². The molecule has 0 bridgehead atoms. The van der Waals surface area contributed by atoms with E-state index in [-0.39, 0.29) is 16.6 Å². The van der Waals surface area contributed by atoms with E-state index in [0.29, 0.717) is 11.3 Å². The third-order valence-corrected chi connectivity index (χ3v) is 5.16. The van der Waals surface area contributed by atoms with Gasteiger partial charge >= 0.3 is 0 Å². The quantitative estimate of drug-likeness (QED) is 0.657. The standard InChI is InChI=1S/C24H29NO2/c1-23(2,3)17-11-7-9-15(21(17)26)19-13-14-20(25-19)16-10-8-12-18(22(16)27)24(4,5)6/h7-12,26H,13-14H2,1-6H3/b20-16-. The van der Waals surface area contributed by atoms with Gasteiger partial charge in [-0.1, -0.05) is 65.8 Å². The van der Waals surface area contributed by atoms with Crippen LogP contribution in [-0.4, -0.2) is 16.6 Å². The number of ketones is 1. The van der Waals surface area contributed by atoms with Crippen molar-refractivity contribution in [1.29, 1.82) is 0 Å². The summed E-state index contributed by atoms with van der Waals surface area (Å²) in [5.74, 6) is 0.369. The molecule has 3 rings (SSSR count). The van der Waals surface area contributed by atoms with Crippen LogP contribution < -0.4 is 0 Å². The van der Waals surface area contributed by atoms with Crippen molar-refractivity contribution in [3.8, 4) is 5.75 Å². The minimum absolute atomic E-state index is 0.0673. The van der Waals surface area contributed by atoms with Gasteiger partial charge in [0.15, 0.2) is 5.78 Å². The summed E-state index contributed by atoms with van der Waals surface area (Å²) in [7, 11) is 0. The first kappa shape index (κ1) is 19.3. The van der Waals surface area contributed by atoms with Crippen LogP contribution in [0.2, 0.25) is 0 Å². The molecular weight excluding hydrogens is 334 g/mol. The topological polar surface area (TPSA) is 49.7 Å². The van der Waals surface area contributed by atoms with Gasteiger partial charge in [-0.2, -0.15) is 0 Å². The molecule has 0 amide bonds. The van der Waals surface area contributed by atoms with E-state index in [1.54, 1.807) is 0 Å². The molecule has 0 unspecified atom stereocenters. The third-order valence-electron chi connectivity index (χ3n) is 5.16. The SMILES string of the molecule is CC(C)(C)C1=CC=C/C(=C2\CCC(c3cccc(C(C)(C)C)c3O)=N2)C1=O. The first-order chi connectivity index (χ1) is 12.5. The number of aliphatic imine (C=N–C) groups is 1. The van der Waals surface area contributed by atoms with Crippen LogP contribution in [0.15, 0.2) is 58.3 Å². The van der Waals surface area contributed by atoms with Crippen molar-refractivity contribution >= 4 is 11.5 Å². The molecule has 1 aliphatic carbocycles. The zero-order chi connectivity index (χ0) is 20.0. The number of rotatable bonds is 1. The van der Waals surface area contributed by atoms with Gasteiger partial charge in [0, 0.05) is 16.7 Å². The summed E-state index contributed by atoms with van der Waals surface area (Å²) in [6, 6.07) is 5.84. The van der Waals surface area contributed by atoms with Crippen LogP contribution in [0, 0.1) is 5.41 Å². The molecule has 0 aromatic heterocycles. The highest BCUT2D eigenvalue weighted by Crippen LogP contribution is 2.38. The summed E-state index contributed by atoms with van der Waals surface area (Å²) < 4.78 is 0. The Bertz CT molecular complexity index is 913. The monoisotopic (exact) mass is 363 g/mol. The third kappa shape index (κ3) is 3.69. The fraction of sp³-hybridized carbons (Fsp3) is 0.417. The Morgan fingerprint density at radius 3 is 2.33 bits per heavy atom. The molecule has 0 saturated heterocycles. The zero-order valence-corrected chi connectivity index (χ0v) is 17.2. The molecule has 142 valence electrons. The average Bonchev–Trinajstić information content (AvgIpc) is 3.02. The summed E-state index contributed by atoms with van der Waals surface area (Å²) >= 11 is 0. The maximum atomic E-state index is 13.0. The lowest BCUT2D eigenvalue weighted by Crippen LogP contribution is -2.21. The number of hydrogen-bond donors (Lipinski definition) is 1. The van der Waals surface area contributed by atoms with Crippen molar-refractivity contribution < 1.29 is 9.90 Å². The smallest absolute Gasteiger partial charge is 0.191 e. The first-order valence-corrected chi connectivity index (χ1v) is 9.57. The predicted octanol–water partition coefficient (Wildman–Crippen LogP) is 5.64. The summed E-state index contributed by atoms with van der Waals surface area (Å²) in [6.07, 6.45) is 7.16. The lowest BCUT2D eigenvalue weighted by Gasteiger charge is -2.24. The Balaban J connectivity index is 2.01. The number of hydrogen-bond acceptors (Lipinski definition) is 3. The predicted molar refractivity (Wildman–Crippen MR) is 111 cm³/mol. The molecule has 1 heterocycles. The number of allylic oxidation sites excluding steroid dienone is 6. The van der Waals surface area contributed by atoms with Crippen molar-refractivity contribution in [2.24, 2.45) is 10.4 Å². The second kappa shape index (κ2) is 6.63. The fourth-order valence-electron chi connectivity index (χ4n) is 3.64. The molecule has 1 N–H and O–H groups in total. The second-order valence-corrected chi connectivity index (χ2v) is 9.39. The molecule has 2 aliphatic rings. The van der Waals surface area contributed by atoms with E-state index in [2.05, 4.69) is 41.5 Å². The van der Waals surface area contributed by atoms with E-state index in [0.717, 1.165) is 41.0 Å². The van der Waals surface area contributed by atoms with Gasteiger partial charge in [-0.3, -0.25) is 9.79 Å². The van der Waals surface area contributed by atoms with Crippen LogP contribution in [0.5, 0.6) is 5.75 Å². The molecule has 3 nitrogen and oxygen atoms in total. The molecule has 3 heteroatoms. The average molecular weight is 364 g/mol. The Labute approximate surface area is 162 Å². The molecule has 27 heavy (non-hydrogen) atoms. The van der Waals surface area contributed by atoms with Gasteiger partial charge in [-0.15, -0.1) is 0 Å². The fourth-order valence-corrected chi connectivity index (χ4v) is 3.64. The van der Waals surface area contributed by atoms with E-state index < -0.39 is 0 Å². The summed E-state index contributed by atoms with van der Waals surface area (Å²) in [6.45, 7) is 12.4. The number of benzene rings is 1. The van der Waals surface area contributed by atoms with E-state index >= 15 is 0 Å². The van der Waals surface area contributed by atoms with Crippen LogP contribution >= 0.6 is 0 Å². The first-order valence-electron chi connectivity index (χ1n) is 9.57. The van der Waals surface area contributed by atoms with Gasteiger partial charge in [-0.25, -0.2) is 0 Å². The number of phenolic OH excluding ortho intramolecular Hbond substituents is 1. The molecule has 1 aliphatic heterocycles. The van der Waals surface area contributed by atoms with Crippen molar-refractivity contribution in [3.63, 3.8) is 0 Å². The molecule has 0 radical (unpaired) electrons. The van der Waals surface area contributed by atoms with Crippen molar-refractivity contribution in [2.45, 2.75) is 59.8 Å². The number of aromatic hydroxyl groups is 1. The highest BCUT2D eigenvalue weighted by Gasteiger charge is 2.30.